The summed E-state index contributed by atoms with van der Waals surface area (Å²) >= 11 is 1.34. The third-order valence-corrected chi connectivity index (χ3v) is 7.80. The van der Waals surface area contributed by atoms with Crippen LogP contribution in [0.3, 0.4) is 0 Å². The molecule has 1 aromatic heterocycles. The first kappa shape index (κ1) is 21.2. The predicted octanol–water partition coefficient (Wildman–Crippen LogP) is 3.15. The molecule has 0 saturated carbocycles. The van der Waals surface area contributed by atoms with E-state index in [1.54, 1.807) is 71.6 Å². The van der Waals surface area contributed by atoms with Crippen molar-refractivity contribution in [2.24, 2.45) is 0 Å². The van der Waals surface area contributed by atoms with Crippen LogP contribution in [-0.4, -0.2) is 55.6 Å². The molecular weight excluding hydrogens is 434 g/mol. The highest BCUT2D eigenvalue weighted by Gasteiger charge is 2.30. The van der Waals surface area contributed by atoms with Gasteiger partial charge in [-0.1, -0.05) is 30.3 Å². The predicted molar refractivity (Wildman–Crippen MR) is 120 cm³/mol. The lowest BCUT2D eigenvalue weighted by molar-refractivity contribution is 0.0697. The average Bonchev–Trinajstić information content (AvgIpc) is 3.35. The smallest absolute Gasteiger partial charge is 0.265 e. The number of rotatable bonds is 5. The molecular formula is C22H21N3O4S2. The van der Waals surface area contributed by atoms with Crippen molar-refractivity contribution in [2.45, 2.75) is 4.90 Å². The molecule has 0 bridgehead atoms. The molecule has 2 amide bonds. The summed E-state index contributed by atoms with van der Waals surface area (Å²) in [6.07, 6.45) is 0. The van der Waals surface area contributed by atoms with Gasteiger partial charge in [0.15, 0.2) is 0 Å². The van der Waals surface area contributed by atoms with Gasteiger partial charge in [0.2, 0.25) is 10.0 Å². The topological polar surface area (TPSA) is 86.8 Å². The highest BCUT2D eigenvalue weighted by molar-refractivity contribution is 7.89. The fourth-order valence-corrected chi connectivity index (χ4v) is 5.45. The van der Waals surface area contributed by atoms with Crippen molar-refractivity contribution in [3.8, 4) is 0 Å². The lowest BCUT2D eigenvalue weighted by Crippen LogP contribution is -2.50. The molecule has 1 saturated heterocycles. The van der Waals surface area contributed by atoms with Crippen LogP contribution in [-0.2, 0) is 10.0 Å². The van der Waals surface area contributed by atoms with Gasteiger partial charge in [-0.05, 0) is 41.8 Å². The average molecular weight is 456 g/mol. The van der Waals surface area contributed by atoms with Gasteiger partial charge >= 0.3 is 0 Å². The van der Waals surface area contributed by atoms with E-state index in [0.717, 1.165) is 0 Å². The lowest BCUT2D eigenvalue weighted by atomic mass is 10.1. The maximum Gasteiger partial charge on any atom is 0.265 e. The quantitative estimate of drug-likeness (QED) is 0.640. The summed E-state index contributed by atoms with van der Waals surface area (Å²) in [5, 5.41) is 4.63. The van der Waals surface area contributed by atoms with E-state index < -0.39 is 10.0 Å². The standard InChI is InChI=1S/C22H21N3O4S2/c26-21(20-10-5-15-30-20)23-18-7-4-6-17(16-18)22(27)24-11-13-25(14-12-24)31(28,29)19-8-2-1-3-9-19/h1-10,15-16H,11-14H2,(H,23,26). The van der Waals surface area contributed by atoms with Crippen LogP contribution in [0, 0.1) is 0 Å². The van der Waals surface area contributed by atoms with Crippen molar-refractivity contribution in [1.29, 1.82) is 0 Å². The van der Waals surface area contributed by atoms with E-state index in [2.05, 4.69) is 5.32 Å². The third-order valence-electron chi connectivity index (χ3n) is 5.02. The molecule has 1 aliphatic rings. The summed E-state index contributed by atoms with van der Waals surface area (Å²) in [6, 6.07) is 18.6. The molecule has 7 nitrogen and oxygen atoms in total. The van der Waals surface area contributed by atoms with Crippen molar-refractivity contribution < 1.29 is 18.0 Å². The largest absolute Gasteiger partial charge is 0.336 e. The number of hydrogen-bond donors (Lipinski definition) is 1. The Kier molecular flexibility index (Phi) is 6.17. The van der Waals surface area contributed by atoms with Gasteiger partial charge in [0.05, 0.1) is 9.77 Å². The Morgan fingerprint density at radius 3 is 2.29 bits per heavy atom. The molecule has 0 spiro atoms. The number of benzene rings is 2. The first-order chi connectivity index (χ1) is 14.9. The summed E-state index contributed by atoms with van der Waals surface area (Å²) in [6.45, 7) is 1.07. The second kappa shape index (κ2) is 9.01. The van der Waals surface area contributed by atoms with E-state index in [1.807, 2.05) is 5.38 Å². The molecule has 0 unspecified atom stereocenters. The van der Waals surface area contributed by atoms with Gasteiger partial charge in [0.25, 0.3) is 11.8 Å². The number of carbonyl (C=O) groups is 2. The first-order valence-corrected chi connectivity index (χ1v) is 12.1. The molecule has 0 radical (unpaired) electrons. The fraction of sp³-hybridized carbons (Fsp3) is 0.182. The van der Waals surface area contributed by atoms with Gasteiger partial charge in [-0.3, -0.25) is 9.59 Å². The zero-order valence-electron chi connectivity index (χ0n) is 16.6. The Morgan fingerprint density at radius 2 is 1.61 bits per heavy atom. The third kappa shape index (κ3) is 4.68. The second-order valence-corrected chi connectivity index (χ2v) is 9.91. The molecule has 0 aliphatic carbocycles. The number of thiophene rings is 1. The number of amides is 2. The summed E-state index contributed by atoms with van der Waals surface area (Å²) in [5.74, 6) is -0.414. The Bertz CT molecular complexity index is 1170. The van der Waals surface area contributed by atoms with Crippen molar-refractivity contribution >= 4 is 38.9 Å². The van der Waals surface area contributed by atoms with Crippen molar-refractivity contribution in [3.63, 3.8) is 0 Å². The summed E-state index contributed by atoms with van der Waals surface area (Å²) < 4.78 is 26.9. The zero-order valence-corrected chi connectivity index (χ0v) is 18.2. The number of sulfonamides is 1. The van der Waals surface area contributed by atoms with Crippen LogP contribution in [0.5, 0.6) is 0 Å². The van der Waals surface area contributed by atoms with Crippen LogP contribution >= 0.6 is 11.3 Å². The van der Waals surface area contributed by atoms with E-state index in [4.69, 9.17) is 0 Å². The molecule has 2 heterocycles. The fourth-order valence-electron chi connectivity index (χ4n) is 3.39. The number of anilines is 1. The van der Waals surface area contributed by atoms with E-state index in [0.29, 0.717) is 29.2 Å². The van der Waals surface area contributed by atoms with Crippen LogP contribution in [0.15, 0.2) is 77.0 Å². The van der Waals surface area contributed by atoms with Crippen molar-refractivity contribution in [2.75, 3.05) is 31.5 Å². The maximum atomic E-state index is 12.9. The Labute approximate surface area is 185 Å². The summed E-state index contributed by atoms with van der Waals surface area (Å²) in [7, 11) is -3.57. The van der Waals surface area contributed by atoms with Crippen LogP contribution in [0.25, 0.3) is 0 Å². The van der Waals surface area contributed by atoms with E-state index in [9.17, 15) is 18.0 Å². The highest BCUT2D eigenvalue weighted by atomic mass is 32.2. The lowest BCUT2D eigenvalue weighted by Gasteiger charge is -2.34. The van der Waals surface area contributed by atoms with E-state index >= 15 is 0 Å². The molecule has 9 heteroatoms. The van der Waals surface area contributed by atoms with Crippen molar-refractivity contribution in [3.05, 3.63) is 82.6 Å². The number of nitrogens with zero attached hydrogens (tertiary/aromatic N) is 2. The van der Waals surface area contributed by atoms with Gasteiger partial charge in [-0.2, -0.15) is 4.31 Å². The van der Waals surface area contributed by atoms with Gasteiger partial charge < -0.3 is 10.2 Å². The van der Waals surface area contributed by atoms with Crippen LogP contribution in [0.2, 0.25) is 0 Å². The Morgan fingerprint density at radius 1 is 0.871 bits per heavy atom. The monoisotopic (exact) mass is 455 g/mol. The first-order valence-electron chi connectivity index (χ1n) is 9.74. The maximum absolute atomic E-state index is 12.9. The van der Waals surface area contributed by atoms with Crippen molar-refractivity contribution in [1.82, 2.24) is 9.21 Å². The molecule has 1 aliphatic heterocycles. The molecule has 1 N–H and O–H groups in total. The zero-order chi connectivity index (χ0) is 21.8. The molecule has 160 valence electrons. The van der Waals surface area contributed by atoms with Gasteiger partial charge in [-0.25, -0.2) is 8.42 Å². The number of carbonyl (C=O) groups excluding carboxylic acids is 2. The van der Waals surface area contributed by atoms with Gasteiger partial charge in [-0.15, -0.1) is 11.3 Å². The molecule has 2 aromatic carbocycles. The molecule has 1 fully saturated rings. The van der Waals surface area contributed by atoms with Gasteiger partial charge in [0.1, 0.15) is 0 Å². The number of hydrogen-bond acceptors (Lipinski definition) is 5. The Hall–Kier alpha value is -3.01. The molecule has 4 rings (SSSR count). The molecule has 0 atom stereocenters. The van der Waals surface area contributed by atoms with Crippen LogP contribution < -0.4 is 5.32 Å². The summed E-state index contributed by atoms with van der Waals surface area (Å²) in [4.78, 5) is 27.7. The van der Waals surface area contributed by atoms with Crippen LogP contribution in [0.4, 0.5) is 5.69 Å². The second-order valence-electron chi connectivity index (χ2n) is 7.02. The minimum atomic E-state index is -3.57. The van der Waals surface area contributed by atoms with E-state index in [-0.39, 0.29) is 29.8 Å². The minimum Gasteiger partial charge on any atom is -0.336 e. The van der Waals surface area contributed by atoms with Crippen LogP contribution in [0.1, 0.15) is 20.0 Å². The van der Waals surface area contributed by atoms with Gasteiger partial charge in [0, 0.05) is 37.4 Å². The normalized spacial score (nSPS) is 14.9. The summed E-state index contributed by atoms with van der Waals surface area (Å²) in [5.41, 5.74) is 0.984. The molecule has 31 heavy (non-hydrogen) atoms. The number of nitrogens with one attached hydrogen (secondary N) is 1. The molecule has 3 aromatic rings. The van der Waals surface area contributed by atoms with E-state index in [1.165, 1.54) is 15.6 Å². The minimum absolute atomic E-state index is 0.191. The SMILES string of the molecule is O=C(Nc1cccc(C(=O)N2CCN(S(=O)(=O)c3ccccc3)CC2)c1)c1cccs1. The number of piperazine rings is 1. The highest BCUT2D eigenvalue weighted by Crippen LogP contribution is 2.20. The Balaban J connectivity index is 1.40.